The van der Waals surface area contributed by atoms with Gasteiger partial charge in [0.2, 0.25) is 0 Å². The Labute approximate surface area is 85.1 Å². The average molecular weight is 219 g/mol. The van der Waals surface area contributed by atoms with Crippen LogP contribution in [0, 0.1) is 0 Å². The SMILES string of the molecule is CCOP(=O)(OCC)C1(N2CC2)CC1. The quantitative estimate of drug-likeness (QED) is 0.506. The molecule has 2 rings (SSSR count). The van der Waals surface area contributed by atoms with Gasteiger partial charge in [-0.15, -0.1) is 0 Å². The first-order valence-corrected chi connectivity index (χ1v) is 6.87. The van der Waals surface area contributed by atoms with E-state index in [0.29, 0.717) is 13.2 Å². The van der Waals surface area contributed by atoms with Gasteiger partial charge in [0, 0.05) is 13.1 Å². The van der Waals surface area contributed by atoms with E-state index in [2.05, 4.69) is 4.90 Å². The lowest BCUT2D eigenvalue weighted by atomic mass is 10.7. The summed E-state index contributed by atoms with van der Waals surface area (Å²) in [6.45, 7) is 6.75. The second-order valence-electron chi connectivity index (χ2n) is 3.80. The zero-order chi connectivity index (χ0) is 10.2. The van der Waals surface area contributed by atoms with Crippen molar-refractivity contribution in [2.75, 3.05) is 26.3 Å². The van der Waals surface area contributed by atoms with Crippen molar-refractivity contribution in [3.05, 3.63) is 0 Å². The standard InChI is InChI=1S/C9H18NO3P/c1-3-12-14(11,13-4-2)9(5-6-9)10-7-8-10/h3-8H2,1-2H3. The maximum Gasteiger partial charge on any atom is 0.350 e. The van der Waals surface area contributed by atoms with Gasteiger partial charge in [-0.05, 0) is 26.7 Å². The van der Waals surface area contributed by atoms with Crippen molar-refractivity contribution in [1.29, 1.82) is 0 Å². The van der Waals surface area contributed by atoms with E-state index in [0.717, 1.165) is 25.9 Å². The lowest BCUT2D eigenvalue weighted by Crippen LogP contribution is -2.23. The summed E-state index contributed by atoms with van der Waals surface area (Å²) in [4.78, 5) is 2.22. The van der Waals surface area contributed by atoms with Gasteiger partial charge in [0.25, 0.3) is 0 Å². The van der Waals surface area contributed by atoms with Crippen molar-refractivity contribution >= 4 is 7.60 Å². The lowest BCUT2D eigenvalue weighted by molar-refractivity contribution is 0.194. The highest BCUT2D eigenvalue weighted by Crippen LogP contribution is 2.73. The minimum absolute atomic E-state index is 0.237. The normalized spacial score (nSPS) is 25.0. The highest BCUT2D eigenvalue weighted by molar-refractivity contribution is 7.56. The Morgan fingerprint density at radius 3 is 2.00 bits per heavy atom. The van der Waals surface area contributed by atoms with Crippen LogP contribution in [0.25, 0.3) is 0 Å². The Morgan fingerprint density at radius 1 is 1.21 bits per heavy atom. The highest BCUT2D eigenvalue weighted by Gasteiger charge is 2.66. The first-order valence-electron chi connectivity index (χ1n) is 5.33. The van der Waals surface area contributed by atoms with E-state index in [1.54, 1.807) is 0 Å². The van der Waals surface area contributed by atoms with Crippen LogP contribution >= 0.6 is 7.60 Å². The summed E-state index contributed by atoms with van der Waals surface area (Å²) in [5, 5.41) is -0.237. The molecular formula is C9H18NO3P. The monoisotopic (exact) mass is 219 g/mol. The van der Waals surface area contributed by atoms with E-state index < -0.39 is 7.60 Å². The van der Waals surface area contributed by atoms with E-state index in [9.17, 15) is 4.57 Å². The minimum atomic E-state index is -2.88. The zero-order valence-electron chi connectivity index (χ0n) is 8.86. The van der Waals surface area contributed by atoms with Crippen LogP contribution < -0.4 is 0 Å². The molecule has 0 spiro atoms. The maximum absolute atomic E-state index is 12.5. The second kappa shape index (κ2) is 3.60. The van der Waals surface area contributed by atoms with E-state index in [1.807, 2.05) is 13.8 Å². The molecule has 0 amide bonds. The lowest BCUT2D eigenvalue weighted by Gasteiger charge is -2.26. The largest absolute Gasteiger partial charge is 0.350 e. The third-order valence-electron chi connectivity index (χ3n) is 2.84. The molecule has 2 aliphatic rings. The molecule has 0 aromatic rings. The van der Waals surface area contributed by atoms with Crippen molar-refractivity contribution in [3.63, 3.8) is 0 Å². The predicted molar refractivity (Wildman–Crippen MR) is 54.4 cm³/mol. The summed E-state index contributed by atoms with van der Waals surface area (Å²) in [5.41, 5.74) is 0. The molecule has 0 aromatic carbocycles. The Bertz CT molecular complexity index is 251. The predicted octanol–water partition coefficient (Wildman–Crippen LogP) is 2.06. The summed E-state index contributed by atoms with van der Waals surface area (Å²) in [7, 11) is -2.88. The molecule has 1 saturated heterocycles. The van der Waals surface area contributed by atoms with Gasteiger partial charge in [0.1, 0.15) is 5.28 Å². The number of hydrogen-bond donors (Lipinski definition) is 0. The fraction of sp³-hybridized carbons (Fsp3) is 1.00. The van der Waals surface area contributed by atoms with Crippen LogP contribution in [0.5, 0.6) is 0 Å². The van der Waals surface area contributed by atoms with Gasteiger partial charge in [-0.1, -0.05) is 0 Å². The van der Waals surface area contributed by atoms with E-state index in [1.165, 1.54) is 0 Å². The van der Waals surface area contributed by atoms with Gasteiger partial charge in [-0.3, -0.25) is 9.46 Å². The van der Waals surface area contributed by atoms with Crippen LogP contribution in [0.15, 0.2) is 0 Å². The molecule has 1 aliphatic heterocycles. The van der Waals surface area contributed by atoms with Crippen LogP contribution in [-0.2, 0) is 13.6 Å². The fourth-order valence-corrected chi connectivity index (χ4v) is 4.40. The van der Waals surface area contributed by atoms with Gasteiger partial charge in [0.15, 0.2) is 0 Å². The third kappa shape index (κ3) is 1.54. The molecule has 82 valence electrons. The van der Waals surface area contributed by atoms with Crippen LogP contribution in [-0.4, -0.2) is 36.5 Å². The maximum atomic E-state index is 12.5. The third-order valence-corrected chi connectivity index (χ3v) is 5.79. The first-order chi connectivity index (χ1) is 6.68. The number of hydrogen-bond acceptors (Lipinski definition) is 4. The summed E-state index contributed by atoms with van der Waals surface area (Å²) in [5.74, 6) is 0. The van der Waals surface area contributed by atoms with Crippen molar-refractivity contribution in [2.24, 2.45) is 0 Å². The first kappa shape index (κ1) is 10.6. The van der Waals surface area contributed by atoms with Crippen LogP contribution in [0.1, 0.15) is 26.7 Å². The second-order valence-corrected chi connectivity index (χ2v) is 6.15. The van der Waals surface area contributed by atoms with Crippen LogP contribution in [0.2, 0.25) is 0 Å². The van der Waals surface area contributed by atoms with Crippen molar-refractivity contribution in [2.45, 2.75) is 32.0 Å². The highest BCUT2D eigenvalue weighted by atomic mass is 31.2. The molecule has 1 aliphatic carbocycles. The van der Waals surface area contributed by atoms with E-state index in [-0.39, 0.29) is 5.28 Å². The molecule has 5 heteroatoms. The molecule has 0 unspecified atom stereocenters. The van der Waals surface area contributed by atoms with Crippen molar-refractivity contribution in [3.8, 4) is 0 Å². The average Bonchev–Trinajstić information content (AvgIpc) is 2.99. The van der Waals surface area contributed by atoms with Crippen LogP contribution in [0.3, 0.4) is 0 Å². The molecule has 0 radical (unpaired) electrons. The van der Waals surface area contributed by atoms with Crippen molar-refractivity contribution in [1.82, 2.24) is 4.90 Å². The smallest absolute Gasteiger partial charge is 0.308 e. The Balaban J connectivity index is 2.12. The molecule has 0 N–H and O–H groups in total. The van der Waals surface area contributed by atoms with Crippen LogP contribution in [0.4, 0.5) is 0 Å². The van der Waals surface area contributed by atoms with Gasteiger partial charge in [0.05, 0.1) is 13.2 Å². The molecular weight excluding hydrogens is 201 g/mol. The van der Waals surface area contributed by atoms with Gasteiger partial charge < -0.3 is 9.05 Å². The van der Waals surface area contributed by atoms with Crippen molar-refractivity contribution < 1.29 is 13.6 Å². The summed E-state index contributed by atoms with van der Waals surface area (Å²) in [6, 6.07) is 0. The van der Waals surface area contributed by atoms with E-state index in [4.69, 9.17) is 9.05 Å². The molecule has 0 atom stereocenters. The van der Waals surface area contributed by atoms with Gasteiger partial charge >= 0.3 is 7.60 Å². The molecule has 4 nitrogen and oxygen atoms in total. The molecule has 2 fully saturated rings. The molecule has 14 heavy (non-hydrogen) atoms. The summed E-state index contributed by atoms with van der Waals surface area (Å²) in [6.07, 6.45) is 1.93. The molecule has 1 heterocycles. The number of nitrogens with zero attached hydrogens (tertiary/aromatic N) is 1. The zero-order valence-corrected chi connectivity index (χ0v) is 9.76. The molecule has 0 bridgehead atoms. The summed E-state index contributed by atoms with van der Waals surface area (Å²) < 4.78 is 23.3. The number of rotatable bonds is 6. The van der Waals surface area contributed by atoms with Gasteiger partial charge in [-0.25, -0.2) is 0 Å². The Morgan fingerprint density at radius 2 is 1.71 bits per heavy atom. The summed E-state index contributed by atoms with van der Waals surface area (Å²) >= 11 is 0. The fourth-order valence-electron chi connectivity index (χ4n) is 1.96. The Kier molecular flexibility index (Phi) is 2.73. The molecule has 0 aromatic heterocycles. The van der Waals surface area contributed by atoms with E-state index >= 15 is 0 Å². The minimum Gasteiger partial charge on any atom is -0.308 e. The van der Waals surface area contributed by atoms with Gasteiger partial charge in [-0.2, -0.15) is 0 Å². The molecule has 1 saturated carbocycles. The topological polar surface area (TPSA) is 38.5 Å². The Hall–Kier alpha value is 0.110.